The van der Waals surface area contributed by atoms with Gasteiger partial charge < -0.3 is 5.32 Å². The van der Waals surface area contributed by atoms with Gasteiger partial charge in [-0.05, 0) is 41.6 Å². The van der Waals surface area contributed by atoms with Crippen LogP contribution >= 0.6 is 11.3 Å². The molecule has 4 heteroatoms. The molecule has 0 radical (unpaired) electrons. The van der Waals surface area contributed by atoms with E-state index in [0.29, 0.717) is 6.54 Å². The van der Waals surface area contributed by atoms with Crippen LogP contribution in [0.2, 0.25) is 0 Å². The molecule has 0 spiro atoms. The van der Waals surface area contributed by atoms with Gasteiger partial charge >= 0.3 is 0 Å². The van der Waals surface area contributed by atoms with Gasteiger partial charge in [0.15, 0.2) is 0 Å². The van der Waals surface area contributed by atoms with Crippen molar-refractivity contribution in [3.63, 3.8) is 0 Å². The van der Waals surface area contributed by atoms with Crippen LogP contribution < -0.4 is 5.32 Å². The smallest absolute Gasteiger partial charge is 0.244 e. The number of nitrogens with one attached hydrogen (secondary N) is 1. The lowest BCUT2D eigenvalue weighted by molar-refractivity contribution is -0.116. The van der Waals surface area contributed by atoms with E-state index >= 15 is 0 Å². The van der Waals surface area contributed by atoms with Crippen LogP contribution in [0.25, 0.3) is 6.08 Å². The molecule has 2 rings (SSSR count). The molecule has 0 aliphatic carbocycles. The van der Waals surface area contributed by atoms with Gasteiger partial charge in [0.2, 0.25) is 5.91 Å². The molecule has 0 aliphatic rings. The Hall–Kier alpha value is -1.94. The molecular weight excluding hydrogens is 244 g/mol. The zero-order chi connectivity index (χ0) is 12.6. The summed E-state index contributed by atoms with van der Waals surface area (Å²) in [5.41, 5.74) is 1.17. The van der Waals surface area contributed by atoms with Crippen molar-refractivity contribution in [2.45, 2.75) is 6.42 Å². The van der Waals surface area contributed by atoms with E-state index in [-0.39, 0.29) is 5.91 Å². The second-order valence-corrected chi connectivity index (χ2v) is 4.72. The predicted octanol–water partition coefficient (Wildman–Crippen LogP) is 2.52. The molecule has 2 heterocycles. The molecule has 0 fully saturated rings. The summed E-state index contributed by atoms with van der Waals surface area (Å²) in [5.74, 6) is -0.0579. The van der Waals surface area contributed by atoms with E-state index in [0.717, 1.165) is 11.3 Å². The highest BCUT2D eigenvalue weighted by molar-refractivity contribution is 7.10. The molecule has 2 aromatic heterocycles. The molecule has 0 saturated heterocycles. The van der Waals surface area contributed by atoms with Gasteiger partial charge in [-0.15, -0.1) is 11.3 Å². The third-order valence-electron chi connectivity index (χ3n) is 2.40. The van der Waals surface area contributed by atoms with Gasteiger partial charge in [-0.1, -0.05) is 6.07 Å². The van der Waals surface area contributed by atoms with Crippen molar-refractivity contribution < 1.29 is 4.79 Å². The number of rotatable bonds is 5. The highest BCUT2D eigenvalue weighted by Crippen LogP contribution is 2.09. The van der Waals surface area contributed by atoms with Crippen LogP contribution in [0.3, 0.4) is 0 Å². The summed E-state index contributed by atoms with van der Waals surface area (Å²) >= 11 is 1.61. The molecule has 2 aromatic rings. The van der Waals surface area contributed by atoms with E-state index in [2.05, 4.69) is 10.3 Å². The van der Waals surface area contributed by atoms with E-state index in [1.807, 2.05) is 35.7 Å². The minimum Gasteiger partial charge on any atom is -0.352 e. The van der Waals surface area contributed by atoms with Gasteiger partial charge in [0.1, 0.15) is 0 Å². The van der Waals surface area contributed by atoms with Crippen molar-refractivity contribution in [3.8, 4) is 0 Å². The van der Waals surface area contributed by atoms with Crippen molar-refractivity contribution in [3.05, 3.63) is 58.6 Å². The number of hydrogen-bond acceptors (Lipinski definition) is 3. The third-order valence-corrected chi connectivity index (χ3v) is 3.24. The van der Waals surface area contributed by atoms with Crippen LogP contribution in [0.15, 0.2) is 48.1 Å². The Bertz CT molecular complexity index is 506. The summed E-state index contributed by atoms with van der Waals surface area (Å²) in [6.07, 6.45) is 7.73. The number of thiophene rings is 1. The molecular formula is C14H14N2OS. The van der Waals surface area contributed by atoms with Gasteiger partial charge in [-0.3, -0.25) is 9.78 Å². The average Bonchev–Trinajstić information content (AvgIpc) is 2.91. The fraction of sp³-hybridized carbons (Fsp3) is 0.143. The first-order valence-corrected chi connectivity index (χ1v) is 6.61. The SMILES string of the molecule is O=C(/C=C/c1cccs1)NCCc1ccncc1. The van der Waals surface area contributed by atoms with Crippen molar-refractivity contribution in [1.82, 2.24) is 10.3 Å². The quantitative estimate of drug-likeness (QED) is 0.837. The van der Waals surface area contributed by atoms with Gasteiger partial charge in [0, 0.05) is 29.9 Å². The van der Waals surface area contributed by atoms with Crippen molar-refractivity contribution in [2.24, 2.45) is 0 Å². The van der Waals surface area contributed by atoms with E-state index in [1.54, 1.807) is 29.8 Å². The Kier molecular flexibility index (Phi) is 4.67. The number of nitrogens with zero attached hydrogens (tertiary/aromatic N) is 1. The summed E-state index contributed by atoms with van der Waals surface area (Å²) in [7, 11) is 0. The minimum atomic E-state index is -0.0579. The van der Waals surface area contributed by atoms with Crippen LogP contribution in [0, 0.1) is 0 Å². The Morgan fingerprint density at radius 1 is 1.33 bits per heavy atom. The fourth-order valence-electron chi connectivity index (χ4n) is 1.48. The van der Waals surface area contributed by atoms with E-state index in [4.69, 9.17) is 0 Å². The predicted molar refractivity (Wildman–Crippen MR) is 74.3 cm³/mol. The van der Waals surface area contributed by atoms with Crippen LogP contribution in [0.5, 0.6) is 0 Å². The van der Waals surface area contributed by atoms with E-state index in [9.17, 15) is 4.79 Å². The highest BCUT2D eigenvalue weighted by atomic mass is 32.1. The second kappa shape index (κ2) is 6.71. The van der Waals surface area contributed by atoms with E-state index in [1.165, 1.54) is 5.56 Å². The fourth-order valence-corrected chi connectivity index (χ4v) is 2.10. The molecule has 3 nitrogen and oxygen atoms in total. The molecule has 0 saturated carbocycles. The highest BCUT2D eigenvalue weighted by Gasteiger charge is 1.96. The standard InChI is InChI=1S/C14H14N2OS/c17-14(4-3-13-2-1-11-18-13)16-10-7-12-5-8-15-9-6-12/h1-6,8-9,11H,7,10H2,(H,16,17)/b4-3+. The Labute approximate surface area is 110 Å². The Morgan fingerprint density at radius 2 is 2.17 bits per heavy atom. The number of carbonyl (C=O) groups excluding carboxylic acids is 1. The zero-order valence-corrected chi connectivity index (χ0v) is 10.7. The molecule has 0 aromatic carbocycles. The minimum absolute atomic E-state index is 0.0579. The number of carbonyl (C=O) groups is 1. The number of amides is 1. The topological polar surface area (TPSA) is 42.0 Å². The monoisotopic (exact) mass is 258 g/mol. The first-order valence-electron chi connectivity index (χ1n) is 5.73. The summed E-state index contributed by atoms with van der Waals surface area (Å²) < 4.78 is 0. The first-order chi connectivity index (χ1) is 8.84. The molecule has 0 bridgehead atoms. The molecule has 18 heavy (non-hydrogen) atoms. The summed E-state index contributed by atoms with van der Waals surface area (Å²) in [4.78, 5) is 16.6. The maximum atomic E-state index is 11.5. The third kappa shape index (κ3) is 4.14. The maximum Gasteiger partial charge on any atom is 0.244 e. The van der Waals surface area contributed by atoms with Gasteiger partial charge in [-0.25, -0.2) is 0 Å². The lowest BCUT2D eigenvalue weighted by atomic mass is 10.2. The Balaban J connectivity index is 1.72. The van der Waals surface area contributed by atoms with Crippen molar-refractivity contribution >= 4 is 23.3 Å². The molecule has 0 unspecified atom stereocenters. The van der Waals surface area contributed by atoms with Crippen molar-refractivity contribution in [1.29, 1.82) is 0 Å². The Morgan fingerprint density at radius 3 is 2.89 bits per heavy atom. The van der Waals surface area contributed by atoms with Crippen LogP contribution in [-0.2, 0) is 11.2 Å². The van der Waals surface area contributed by atoms with Crippen LogP contribution in [-0.4, -0.2) is 17.4 Å². The number of pyridine rings is 1. The number of hydrogen-bond donors (Lipinski definition) is 1. The normalized spacial score (nSPS) is 10.7. The summed E-state index contributed by atoms with van der Waals surface area (Å²) in [5, 5.41) is 4.84. The first kappa shape index (κ1) is 12.5. The number of aromatic nitrogens is 1. The van der Waals surface area contributed by atoms with E-state index < -0.39 is 0 Å². The maximum absolute atomic E-state index is 11.5. The largest absolute Gasteiger partial charge is 0.352 e. The molecule has 1 N–H and O–H groups in total. The van der Waals surface area contributed by atoms with Crippen molar-refractivity contribution in [2.75, 3.05) is 6.54 Å². The van der Waals surface area contributed by atoms with Gasteiger partial charge in [-0.2, -0.15) is 0 Å². The summed E-state index contributed by atoms with van der Waals surface area (Å²) in [6.45, 7) is 0.637. The molecule has 92 valence electrons. The van der Waals surface area contributed by atoms with Crippen LogP contribution in [0.1, 0.15) is 10.4 Å². The van der Waals surface area contributed by atoms with Crippen LogP contribution in [0.4, 0.5) is 0 Å². The zero-order valence-electron chi connectivity index (χ0n) is 9.87. The molecule has 0 aliphatic heterocycles. The molecule has 0 atom stereocenters. The second-order valence-electron chi connectivity index (χ2n) is 3.75. The molecule has 1 amide bonds. The summed E-state index contributed by atoms with van der Waals surface area (Å²) in [6, 6.07) is 7.85. The lowest BCUT2D eigenvalue weighted by Crippen LogP contribution is -2.23. The van der Waals surface area contributed by atoms with Gasteiger partial charge in [0.25, 0.3) is 0 Å². The average molecular weight is 258 g/mol. The lowest BCUT2D eigenvalue weighted by Gasteiger charge is -2.01. The van der Waals surface area contributed by atoms with Gasteiger partial charge in [0.05, 0.1) is 0 Å².